The molecule has 3 unspecified atom stereocenters. The molecule has 27 heavy (non-hydrogen) atoms. The highest BCUT2D eigenvalue weighted by atomic mass is 16.6. The highest BCUT2D eigenvalue weighted by Crippen LogP contribution is 2.25. The summed E-state index contributed by atoms with van der Waals surface area (Å²) in [6.45, 7) is 5.63. The molecule has 3 atom stereocenters. The van der Waals surface area contributed by atoms with E-state index in [1.54, 1.807) is 13.8 Å². The van der Waals surface area contributed by atoms with Gasteiger partial charge in [-0.05, 0) is 13.8 Å². The van der Waals surface area contributed by atoms with E-state index in [-0.39, 0.29) is 32.4 Å². The van der Waals surface area contributed by atoms with Crippen molar-refractivity contribution in [1.82, 2.24) is 5.32 Å². The maximum absolute atomic E-state index is 12.4. The molecule has 0 saturated heterocycles. The molecule has 0 aromatic rings. The number of carbonyl (C=O) groups excluding carboxylic acids is 4. The quantitative estimate of drug-likeness (QED) is 0.308. The van der Waals surface area contributed by atoms with Crippen molar-refractivity contribution in [3.8, 4) is 0 Å². The third kappa shape index (κ3) is 11.2. The van der Waals surface area contributed by atoms with E-state index in [0.717, 1.165) is 0 Å². The molecular formula is C17H30N2O8. The topological polar surface area (TPSA) is 165 Å². The normalized spacial score (nSPS) is 14.6. The second-order valence-electron chi connectivity index (χ2n) is 7.13. The largest absolute Gasteiger partial charge is 0.465 e. The first-order chi connectivity index (χ1) is 12.3. The first-order valence-electron chi connectivity index (χ1n) is 8.62. The fraction of sp³-hybridized carbons (Fsp3) is 0.765. The third-order valence-corrected chi connectivity index (χ3v) is 3.40. The Morgan fingerprint density at radius 1 is 1.04 bits per heavy atom. The SMILES string of the molecule is CC(O)CC(=O)OCC(C)(C)C(OC(=O)CC(C)O)C(=O)NCCC(N)=O. The van der Waals surface area contributed by atoms with Crippen LogP contribution in [0.25, 0.3) is 0 Å². The number of aliphatic hydroxyl groups excluding tert-OH is 2. The van der Waals surface area contributed by atoms with Gasteiger partial charge < -0.3 is 30.7 Å². The van der Waals surface area contributed by atoms with Crippen molar-refractivity contribution in [2.45, 2.75) is 65.3 Å². The van der Waals surface area contributed by atoms with Crippen LogP contribution in [0.2, 0.25) is 0 Å². The minimum absolute atomic E-state index is 0.0451. The van der Waals surface area contributed by atoms with Gasteiger partial charge in [0.2, 0.25) is 5.91 Å². The van der Waals surface area contributed by atoms with Crippen molar-refractivity contribution >= 4 is 23.8 Å². The summed E-state index contributed by atoms with van der Waals surface area (Å²) in [7, 11) is 0. The Labute approximate surface area is 158 Å². The van der Waals surface area contributed by atoms with Crippen molar-refractivity contribution in [3.05, 3.63) is 0 Å². The van der Waals surface area contributed by atoms with Crippen LogP contribution >= 0.6 is 0 Å². The van der Waals surface area contributed by atoms with Crippen LogP contribution < -0.4 is 11.1 Å². The zero-order valence-corrected chi connectivity index (χ0v) is 16.2. The number of hydrogen-bond donors (Lipinski definition) is 4. The minimum atomic E-state index is -1.34. The van der Waals surface area contributed by atoms with Gasteiger partial charge in [0.25, 0.3) is 5.91 Å². The third-order valence-electron chi connectivity index (χ3n) is 3.40. The molecule has 0 bridgehead atoms. The average molecular weight is 390 g/mol. The predicted molar refractivity (Wildman–Crippen MR) is 94.0 cm³/mol. The van der Waals surface area contributed by atoms with Crippen molar-refractivity contribution in [1.29, 1.82) is 0 Å². The molecule has 0 saturated carbocycles. The first kappa shape index (κ1) is 24.8. The molecular weight excluding hydrogens is 360 g/mol. The summed E-state index contributed by atoms with van der Waals surface area (Å²) in [5.41, 5.74) is 3.90. The molecule has 156 valence electrons. The summed E-state index contributed by atoms with van der Waals surface area (Å²) in [6, 6.07) is 0. The lowest BCUT2D eigenvalue weighted by Crippen LogP contribution is -2.49. The highest BCUT2D eigenvalue weighted by molar-refractivity contribution is 5.85. The second-order valence-corrected chi connectivity index (χ2v) is 7.13. The van der Waals surface area contributed by atoms with Gasteiger partial charge in [0.1, 0.15) is 6.61 Å². The maximum atomic E-state index is 12.4. The summed E-state index contributed by atoms with van der Waals surface area (Å²) >= 11 is 0. The predicted octanol–water partition coefficient (Wildman–Crippen LogP) is -0.999. The molecule has 0 aliphatic rings. The van der Waals surface area contributed by atoms with Crippen molar-refractivity contribution in [3.63, 3.8) is 0 Å². The fourth-order valence-electron chi connectivity index (χ4n) is 2.03. The molecule has 0 aliphatic heterocycles. The number of aliphatic hydroxyl groups is 2. The number of primary amides is 1. The summed E-state index contributed by atoms with van der Waals surface area (Å²) in [6.07, 6.45) is -3.79. The molecule has 0 aromatic carbocycles. The van der Waals surface area contributed by atoms with E-state index >= 15 is 0 Å². The van der Waals surface area contributed by atoms with Crippen LogP contribution in [0.5, 0.6) is 0 Å². The molecule has 2 amide bonds. The molecule has 0 spiro atoms. The average Bonchev–Trinajstić information content (AvgIpc) is 2.48. The van der Waals surface area contributed by atoms with Crippen LogP contribution in [0, 0.1) is 5.41 Å². The molecule has 0 aliphatic carbocycles. The minimum Gasteiger partial charge on any atom is -0.465 e. The van der Waals surface area contributed by atoms with Crippen LogP contribution in [0.4, 0.5) is 0 Å². The number of nitrogens with two attached hydrogens (primary N) is 1. The Kier molecular flexibility index (Phi) is 10.6. The number of esters is 2. The van der Waals surface area contributed by atoms with Gasteiger partial charge in [-0.15, -0.1) is 0 Å². The van der Waals surface area contributed by atoms with Gasteiger partial charge in [0, 0.05) is 18.4 Å². The van der Waals surface area contributed by atoms with Gasteiger partial charge in [-0.2, -0.15) is 0 Å². The summed E-state index contributed by atoms with van der Waals surface area (Å²) < 4.78 is 10.3. The van der Waals surface area contributed by atoms with E-state index in [4.69, 9.17) is 15.2 Å². The standard InChI is InChI=1S/C17H30N2O8/c1-10(20)7-13(23)26-9-17(3,4)15(27-14(24)8-11(2)21)16(25)19-6-5-12(18)22/h10-11,15,20-21H,5-9H2,1-4H3,(H2,18,22)(H,19,25). The van der Waals surface area contributed by atoms with Gasteiger partial charge in [0.05, 0.1) is 25.0 Å². The van der Waals surface area contributed by atoms with Crippen molar-refractivity contribution in [2.24, 2.45) is 11.1 Å². The smallest absolute Gasteiger partial charge is 0.309 e. The van der Waals surface area contributed by atoms with Crippen LogP contribution in [-0.2, 0) is 28.7 Å². The van der Waals surface area contributed by atoms with Gasteiger partial charge in [-0.25, -0.2) is 0 Å². The van der Waals surface area contributed by atoms with Gasteiger partial charge >= 0.3 is 11.9 Å². The molecule has 0 fully saturated rings. The molecule has 10 nitrogen and oxygen atoms in total. The monoisotopic (exact) mass is 390 g/mol. The molecule has 0 aromatic heterocycles. The van der Waals surface area contributed by atoms with E-state index in [2.05, 4.69) is 5.32 Å². The van der Waals surface area contributed by atoms with Crippen molar-refractivity contribution < 1.29 is 38.9 Å². The molecule has 0 heterocycles. The van der Waals surface area contributed by atoms with E-state index in [9.17, 15) is 29.4 Å². The number of ether oxygens (including phenoxy) is 2. The first-order valence-corrected chi connectivity index (χ1v) is 8.62. The summed E-state index contributed by atoms with van der Waals surface area (Å²) in [5.74, 6) is -2.76. The van der Waals surface area contributed by atoms with Crippen LogP contribution in [-0.4, -0.2) is 65.4 Å². The van der Waals surface area contributed by atoms with E-state index < -0.39 is 47.5 Å². The lowest BCUT2D eigenvalue weighted by Gasteiger charge is -2.32. The highest BCUT2D eigenvalue weighted by Gasteiger charge is 2.40. The van der Waals surface area contributed by atoms with Crippen LogP contribution in [0.3, 0.4) is 0 Å². The van der Waals surface area contributed by atoms with Gasteiger partial charge in [-0.1, -0.05) is 13.8 Å². The zero-order valence-electron chi connectivity index (χ0n) is 16.2. The van der Waals surface area contributed by atoms with E-state index in [0.29, 0.717) is 0 Å². The second kappa shape index (κ2) is 11.5. The van der Waals surface area contributed by atoms with Gasteiger partial charge in [0.15, 0.2) is 6.10 Å². The van der Waals surface area contributed by atoms with E-state index in [1.807, 2.05) is 0 Å². The fourth-order valence-corrected chi connectivity index (χ4v) is 2.03. The molecule has 0 radical (unpaired) electrons. The Hall–Kier alpha value is -2.20. The number of nitrogens with one attached hydrogen (secondary N) is 1. The van der Waals surface area contributed by atoms with Crippen LogP contribution in [0.1, 0.15) is 47.0 Å². The Bertz CT molecular complexity index is 531. The lowest BCUT2D eigenvalue weighted by molar-refractivity contribution is -0.170. The Balaban J connectivity index is 5.10. The molecule has 10 heteroatoms. The Morgan fingerprint density at radius 2 is 1.56 bits per heavy atom. The van der Waals surface area contributed by atoms with Gasteiger partial charge in [-0.3, -0.25) is 19.2 Å². The zero-order chi connectivity index (χ0) is 21.2. The molecule has 5 N–H and O–H groups in total. The lowest BCUT2D eigenvalue weighted by atomic mass is 9.86. The number of hydrogen-bond acceptors (Lipinski definition) is 8. The van der Waals surface area contributed by atoms with Crippen LogP contribution in [0.15, 0.2) is 0 Å². The summed E-state index contributed by atoms with van der Waals surface area (Å²) in [4.78, 5) is 46.8. The summed E-state index contributed by atoms with van der Waals surface area (Å²) in [5, 5.41) is 20.9. The number of amides is 2. The maximum Gasteiger partial charge on any atom is 0.309 e. The van der Waals surface area contributed by atoms with Crippen molar-refractivity contribution in [2.75, 3.05) is 13.2 Å². The van der Waals surface area contributed by atoms with E-state index in [1.165, 1.54) is 13.8 Å². The number of rotatable bonds is 12. The molecule has 0 rings (SSSR count). The Morgan fingerprint density at radius 3 is 2.04 bits per heavy atom. The number of carbonyl (C=O) groups is 4.